The van der Waals surface area contributed by atoms with E-state index < -0.39 is 6.10 Å². The summed E-state index contributed by atoms with van der Waals surface area (Å²) in [5.74, 6) is 0. The number of halogens is 2. The van der Waals surface area contributed by atoms with Crippen molar-refractivity contribution < 1.29 is 5.11 Å². The maximum Gasteiger partial charge on any atom is 0.0804 e. The molecule has 0 saturated heterocycles. The molecule has 1 N–H and O–H groups in total. The van der Waals surface area contributed by atoms with Crippen LogP contribution < -0.4 is 0 Å². The first kappa shape index (κ1) is 14.0. The zero-order valence-electron chi connectivity index (χ0n) is 9.98. The average molecular weight is 421 g/mol. The lowest BCUT2D eigenvalue weighted by molar-refractivity contribution is 0.166. The quantitative estimate of drug-likeness (QED) is 0.769. The molecule has 0 bridgehead atoms. The average Bonchev–Trinajstić information content (AvgIpc) is 2.75. The summed E-state index contributed by atoms with van der Waals surface area (Å²) < 4.78 is 3.93. The normalized spacial score (nSPS) is 12.7. The van der Waals surface area contributed by atoms with Crippen LogP contribution in [-0.4, -0.2) is 14.9 Å². The number of aromatic nitrogens is 2. The summed E-state index contributed by atoms with van der Waals surface area (Å²) >= 11 is 5.69. The van der Waals surface area contributed by atoms with Crippen molar-refractivity contribution in [2.45, 2.75) is 18.9 Å². The van der Waals surface area contributed by atoms with Crippen LogP contribution in [0.3, 0.4) is 0 Å². The fourth-order valence-electron chi connectivity index (χ4n) is 1.86. The molecule has 0 radical (unpaired) electrons. The van der Waals surface area contributed by atoms with E-state index in [1.54, 1.807) is 6.20 Å². The highest BCUT2D eigenvalue weighted by atomic mass is 127. The molecule has 1 unspecified atom stereocenters. The first-order chi connectivity index (χ1) is 8.58. The van der Waals surface area contributed by atoms with E-state index in [1.807, 2.05) is 36.0 Å². The molecule has 1 heterocycles. The van der Waals surface area contributed by atoms with Crippen LogP contribution in [0.1, 0.15) is 23.8 Å². The molecular formula is C13H14BrIN2O. The van der Waals surface area contributed by atoms with Crippen LogP contribution >= 0.6 is 38.5 Å². The lowest BCUT2D eigenvalue weighted by Crippen LogP contribution is -2.05. The molecule has 1 atom stereocenters. The van der Waals surface area contributed by atoms with Crippen LogP contribution in [-0.2, 0) is 13.5 Å². The Bertz CT molecular complexity index is 542. The van der Waals surface area contributed by atoms with E-state index in [4.69, 9.17) is 0 Å². The highest BCUT2D eigenvalue weighted by molar-refractivity contribution is 14.1. The highest BCUT2D eigenvalue weighted by Gasteiger charge is 2.12. The molecule has 5 heteroatoms. The van der Waals surface area contributed by atoms with Crippen molar-refractivity contribution in [1.29, 1.82) is 0 Å². The summed E-state index contributed by atoms with van der Waals surface area (Å²) in [7, 11) is 1.92. The molecule has 0 saturated carbocycles. The number of hydrogen-bond acceptors (Lipinski definition) is 2. The van der Waals surface area contributed by atoms with Crippen molar-refractivity contribution in [1.82, 2.24) is 9.78 Å². The summed E-state index contributed by atoms with van der Waals surface area (Å²) in [4.78, 5) is 0. The monoisotopic (exact) mass is 420 g/mol. The molecule has 2 aromatic rings. The molecule has 1 aromatic carbocycles. The van der Waals surface area contributed by atoms with Crippen molar-refractivity contribution >= 4 is 38.5 Å². The van der Waals surface area contributed by atoms with Gasteiger partial charge in [-0.3, -0.25) is 4.68 Å². The van der Waals surface area contributed by atoms with Crippen molar-refractivity contribution in [3.8, 4) is 0 Å². The zero-order chi connectivity index (χ0) is 13.1. The Morgan fingerprint density at radius 2 is 2.22 bits per heavy atom. The number of hydrogen-bond donors (Lipinski definition) is 1. The van der Waals surface area contributed by atoms with Gasteiger partial charge < -0.3 is 5.11 Å². The SMILES string of the molecule is Cn1nccc1CCC(O)c1cc(Br)ccc1I. The van der Waals surface area contributed by atoms with Gasteiger partial charge in [0.25, 0.3) is 0 Å². The molecule has 0 aliphatic rings. The molecule has 96 valence electrons. The van der Waals surface area contributed by atoms with Gasteiger partial charge >= 0.3 is 0 Å². The maximum absolute atomic E-state index is 10.3. The standard InChI is InChI=1S/C13H14BrIN2O/c1-17-10(6-7-16-17)3-5-13(18)11-8-9(14)2-4-12(11)15/h2,4,6-8,13,18H,3,5H2,1H3. The van der Waals surface area contributed by atoms with Gasteiger partial charge in [-0.2, -0.15) is 5.10 Å². The second-order valence-corrected chi connectivity index (χ2v) is 6.24. The van der Waals surface area contributed by atoms with Gasteiger partial charge in [0.1, 0.15) is 0 Å². The third-order valence-corrected chi connectivity index (χ3v) is 4.39. The first-order valence-electron chi connectivity index (χ1n) is 5.68. The number of nitrogens with zero attached hydrogens (tertiary/aromatic N) is 2. The lowest BCUT2D eigenvalue weighted by atomic mass is 10.0. The minimum absolute atomic E-state index is 0.440. The summed E-state index contributed by atoms with van der Waals surface area (Å²) in [5, 5.41) is 14.4. The molecule has 3 nitrogen and oxygen atoms in total. The number of aliphatic hydroxyl groups is 1. The van der Waals surface area contributed by atoms with Crippen LogP contribution in [0.2, 0.25) is 0 Å². The van der Waals surface area contributed by atoms with Crippen molar-refractivity contribution in [2.75, 3.05) is 0 Å². The molecular weight excluding hydrogens is 407 g/mol. The predicted molar refractivity (Wildman–Crippen MR) is 83.3 cm³/mol. The van der Waals surface area contributed by atoms with Crippen molar-refractivity contribution in [3.63, 3.8) is 0 Å². The van der Waals surface area contributed by atoms with Gasteiger partial charge in [0.2, 0.25) is 0 Å². The Hall–Kier alpha value is -0.400. The molecule has 2 rings (SSSR count). The van der Waals surface area contributed by atoms with E-state index in [0.717, 1.165) is 25.7 Å². The largest absolute Gasteiger partial charge is 0.388 e. The van der Waals surface area contributed by atoms with E-state index in [-0.39, 0.29) is 0 Å². The summed E-state index contributed by atoms with van der Waals surface area (Å²) in [6, 6.07) is 7.96. The molecule has 18 heavy (non-hydrogen) atoms. The second-order valence-electron chi connectivity index (χ2n) is 4.17. The molecule has 0 spiro atoms. The maximum atomic E-state index is 10.3. The van der Waals surface area contributed by atoms with Crippen LogP contribution in [0.5, 0.6) is 0 Å². The minimum Gasteiger partial charge on any atom is -0.388 e. The number of benzene rings is 1. The Kier molecular flexibility index (Phi) is 4.80. The van der Waals surface area contributed by atoms with Crippen LogP contribution in [0, 0.1) is 3.57 Å². The van der Waals surface area contributed by atoms with Crippen molar-refractivity contribution in [2.24, 2.45) is 7.05 Å². The fourth-order valence-corrected chi connectivity index (χ4v) is 2.93. The van der Waals surface area contributed by atoms with Gasteiger partial charge in [0, 0.05) is 27.0 Å². The Balaban J connectivity index is 2.06. The minimum atomic E-state index is -0.440. The van der Waals surface area contributed by atoms with Crippen LogP contribution in [0.15, 0.2) is 34.9 Å². The Labute approximate surface area is 128 Å². The van der Waals surface area contributed by atoms with Gasteiger partial charge in [-0.15, -0.1) is 0 Å². The van der Waals surface area contributed by atoms with E-state index in [2.05, 4.69) is 43.6 Å². The van der Waals surface area contributed by atoms with E-state index in [1.165, 1.54) is 0 Å². The molecule has 1 aromatic heterocycles. The van der Waals surface area contributed by atoms with Gasteiger partial charge in [-0.1, -0.05) is 15.9 Å². The summed E-state index contributed by atoms with van der Waals surface area (Å²) in [6.07, 6.45) is 2.86. The molecule has 0 fully saturated rings. The first-order valence-corrected chi connectivity index (χ1v) is 7.55. The topological polar surface area (TPSA) is 38.0 Å². The number of aliphatic hydroxyl groups excluding tert-OH is 1. The zero-order valence-corrected chi connectivity index (χ0v) is 13.7. The number of rotatable bonds is 4. The van der Waals surface area contributed by atoms with Gasteiger partial charge in [0.15, 0.2) is 0 Å². The predicted octanol–water partition coefficient (Wildman–Crippen LogP) is 3.45. The summed E-state index contributed by atoms with van der Waals surface area (Å²) in [5.41, 5.74) is 2.12. The third-order valence-electron chi connectivity index (χ3n) is 2.91. The van der Waals surface area contributed by atoms with E-state index >= 15 is 0 Å². The molecule has 0 amide bonds. The third kappa shape index (κ3) is 3.33. The number of aryl methyl sites for hydroxylation is 2. The highest BCUT2D eigenvalue weighted by Crippen LogP contribution is 2.27. The molecule has 0 aliphatic carbocycles. The van der Waals surface area contributed by atoms with E-state index in [9.17, 15) is 5.11 Å². The van der Waals surface area contributed by atoms with Gasteiger partial charge in [0.05, 0.1) is 6.10 Å². The van der Waals surface area contributed by atoms with Crippen LogP contribution in [0.4, 0.5) is 0 Å². The summed E-state index contributed by atoms with van der Waals surface area (Å²) in [6.45, 7) is 0. The van der Waals surface area contributed by atoms with Gasteiger partial charge in [-0.05, 0) is 65.3 Å². The lowest BCUT2D eigenvalue weighted by Gasteiger charge is -2.13. The fraction of sp³-hybridized carbons (Fsp3) is 0.308. The Morgan fingerprint density at radius 1 is 1.44 bits per heavy atom. The van der Waals surface area contributed by atoms with Gasteiger partial charge in [-0.25, -0.2) is 0 Å². The van der Waals surface area contributed by atoms with Crippen molar-refractivity contribution in [3.05, 3.63) is 49.8 Å². The van der Waals surface area contributed by atoms with Crippen LogP contribution in [0.25, 0.3) is 0 Å². The smallest absolute Gasteiger partial charge is 0.0804 e. The Morgan fingerprint density at radius 3 is 2.89 bits per heavy atom. The molecule has 0 aliphatic heterocycles. The van der Waals surface area contributed by atoms with E-state index in [0.29, 0.717) is 6.42 Å². The second kappa shape index (κ2) is 6.16.